The molecule has 0 saturated heterocycles. The van der Waals surface area contributed by atoms with E-state index in [2.05, 4.69) is 15.4 Å². The van der Waals surface area contributed by atoms with Crippen LogP contribution in [-0.2, 0) is 0 Å². The predicted molar refractivity (Wildman–Crippen MR) is 86.1 cm³/mol. The number of aromatic amines is 1. The Morgan fingerprint density at radius 1 is 1.35 bits per heavy atom. The van der Waals surface area contributed by atoms with Gasteiger partial charge in [0.05, 0.1) is 6.61 Å². The van der Waals surface area contributed by atoms with Crippen molar-refractivity contribution in [2.24, 2.45) is 0 Å². The number of benzene rings is 1. The van der Waals surface area contributed by atoms with E-state index in [1.54, 1.807) is 37.4 Å². The van der Waals surface area contributed by atoms with Crippen molar-refractivity contribution in [3.63, 3.8) is 0 Å². The van der Waals surface area contributed by atoms with Crippen molar-refractivity contribution in [2.75, 3.05) is 11.9 Å². The number of nitrogens with one attached hydrogen (secondary N) is 2. The van der Waals surface area contributed by atoms with Crippen molar-refractivity contribution < 1.29 is 9.53 Å². The van der Waals surface area contributed by atoms with E-state index in [0.29, 0.717) is 23.5 Å². The van der Waals surface area contributed by atoms with Crippen LogP contribution in [0.3, 0.4) is 0 Å². The Kier molecular flexibility index (Phi) is 3.84. The van der Waals surface area contributed by atoms with Crippen LogP contribution in [0, 0.1) is 6.92 Å². The first-order valence-corrected chi connectivity index (χ1v) is 7.20. The lowest BCUT2D eigenvalue weighted by molar-refractivity contribution is 0.102. The minimum Gasteiger partial charge on any atom is -0.494 e. The van der Waals surface area contributed by atoms with Gasteiger partial charge in [0.1, 0.15) is 11.3 Å². The third kappa shape index (κ3) is 3.08. The lowest BCUT2D eigenvalue weighted by atomic mass is 10.3. The Labute approximate surface area is 131 Å². The number of nitrogens with zero attached hydrogens (tertiary/aromatic N) is 2. The second-order valence-electron chi connectivity index (χ2n) is 5.04. The van der Waals surface area contributed by atoms with Crippen LogP contribution in [0.15, 0.2) is 41.3 Å². The van der Waals surface area contributed by atoms with Gasteiger partial charge in [-0.1, -0.05) is 0 Å². The highest BCUT2D eigenvalue weighted by Crippen LogP contribution is 2.16. The van der Waals surface area contributed by atoms with Gasteiger partial charge >= 0.3 is 0 Å². The van der Waals surface area contributed by atoms with Crippen LogP contribution < -0.4 is 15.6 Å². The third-order valence-electron chi connectivity index (χ3n) is 3.25. The van der Waals surface area contributed by atoms with Crippen molar-refractivity contribution in [1.82, 2.24) is 14.6 Å². The van der Waals surface area contributed by atoms with Gasteiger partial charge < -0.3 is 15.0 Å². The highest BCUT2D eigenvalue weighted by atomic mass is 16.5. The third-order valence-corrected chi connectivity index (χ3v) is 3.25. The fourth-order valence-electron chi connectivity index (χ4n) is 2.23. The number of hydrogen-bond donors (Lipinski definition) is 2. The van der Waals surface area contributed by atoms with E-state index in [1.165, 1.54) is 10.6 Å². The number of fused-ring (bicyclic) bond motifs is 1. The molecule has 0 bridgehead atoms. The average Bonchev–Trinajstić information content (AvgIpc) is 2.94. The topological polar surface area (TPSA) is 88.5 Å². The lowest BCUT2D eigenvalue weighted by Crippen LogP contribution is -2.12. The molecule has 0 atom stereocenters. The molecule has 118 valence electrons. The summed E-state index contributed by atoms with van der Waals surface area (Å²) in [5.41, 5.74) is 1.52. The summed E-state index contributed by atoms with van der Waals surface area (Å²) >= 11 is 0. The molecule has 0 aliphatic heterocycles. The van der Waals surface area contributed by atoms with Crippen LogP contribution in [0.4, 0.5) is 5.69 Å². The Hall–Kier alpha value is -3.09. The first kappa shape index (κ1) is 14.8. The molecule has 1 aromatic carbocycles. The highest BCUT2D eigenvalue weighted by Gasteiger charge is 2.13. The van der Waals surface area contributed by atoms with Gasteiger partial charge in [0.25, 0.3) is 11.5 Å². The van der Waals surface area contributed by atoms with Gasteiger partial charge in [0.2, 0.25) is 0 Å². The molecule has 7 heteroatoms. The van der Waals surface area contributed by atoms with Crippen molar-refractivity contribution in [1.29, 1.82) is 0 Å². The lowest BCUT2D eigenvalue weighted by Gasteiger charge is -2.05. The molecule has 0 fully saturated rings. The summed E-state index contributed by atoms with van der Waals surface area (Å²) in [4.78, 5) is 26.8. The number of aromatic nitrogens is 3. The number of ether oxygens (including phenoxy) is 1. The predicted octanol–water partition coefficient (Wildman–Crippen LogP) is 1.98. The Balaban J connectivity index is 1.83. The summed E-state index contributed by atoms with van der Waals surface area (Å²) in [5.74, 6) is 0.357. The molecular formula is C16H16N4O3. The van der Waals surface area contributed by atoms with Crippen molar-refractivity contribution in [2.45, 2.75) is 13.8 Å². The van der Waals surface area contributed by atoms with E-state index < -0.39 is 0 Å². The maximum Gasteiger partial charge on any atom is 0.276 e. The molecule has 23 heavy (non-hydrogen) atoms. The highest BCUT2D eigenvalue weighted by molar-refractivity contribution is 6.03. The molecule has 2 heterocycles. The average molecular weight is 312 g/mol. The summed E-state index contributed by atoms with van der Waals surface area (Å²) in [6, 6.07) is 8.50. The van der Waals surface area contributed by atoms with E-state index in [0.717, 1.165) is 5.75 Å². The van der Waals surface area contributed by atoms with E-state index in [1.807, 2.05) is 6.92 Å². The molecule has 0 unspecified atom stereocenters. The SMILES string of the molecule is CCOc1ccc(NC(=O)c2cc3c(=O)[nH]c(C)cn3n2)cc1. The Morgan fingerprint density at radius 3 is 2.78 bits per heavy atom. The standard InChI is InChI=1S/C16H16N4O3/c1-3-23-12-6-4-11(5-7-12)18-15(21)13-8-14-16(22)17-10(2)9-20(14)19-13/h4-9H,3H2,1-2H3,(H,17,22)(H,18,21). The van der Waals surface area contributed by atoms with Crippen molar-refractivity contribution >= 4 is 17.1 Å². The fraction of sp³-hybridized carbons (Fsp3) is 0.188. The summed E-state index contributed by atoms with van der Waals surface area (Å²) < 4.78 is 6.75. The van der Waals surface area contributed by atoms with Crippen molar-refractivity contribution in [3.8, 4) is 5.75 Å². The number of rotatable bonds is 4. The first-order valence-electron chi connectivity index (χ1n) is 7.20. The van der Waals surface area contributed by atoms with Crippen LogP contribution in [0.1, 0.15) is 23.1 Å². The van der Waals surface area contributed by atoms with Gasteiger partial charge in [-0.2, -0.15) is 5.10 Å². The number of carbonyl (C=O) groups excluding carboxylic acids is 1. The Morgan fingerprint density at radius 2 is 2.09 bits per heavy atom. The number of amides is 1. The van der Waals surface area contributed by atoms with Gasteiger partial charge in [0, 0.05) is 23.6 Å². The minimum atomic E-state index is -0.380. The normalized spacial score (nSPS) is 10.7. The minimum absolute atomic E-state index is 0.176. The number of carbonyl (C=O) groups is 1. The molecule has 0 aliphatic carbocycles. The molecule has 0 radical (unpaired) electrons. The molecule has 7 nitrogen and oxygen atoms in total. The summed E-state index contributed by atoms with van der Waals surface area (Å²) in [5, 5.41) is 6.88. The maximum atomic E-state index is 12.3. The summed E-state index contributed by atoms with van der Waals surface area (Å²) in [6.07, 6.45) is 1.66. The zero-order valence-corrected chi connectivity index (χ0v) is 12.8. The quantitative estimate of drug-likeness (QED) is 0.771. The fourth-order valence-corrected chi connectivity index (χ4v) is 2.23. The maximum absolute atomic E-state index is 12.3. The van der Waals surface area contributed by atoms with Crippen molar-refractivity contribution in [3.05, 3.63) is 58.3 Å². The smallest absolute Gasteiger partial charge is 0.276 e. The molecule has 3 rings (SSSR count). The molecule has 1 amide bonds. The number of hydrogen-bond acceptors (Lipinski definition) is 4. The monoisotopic (exact) mass is 312 g/mol. The summed E-state index contributed by atoms with van der Waals surface area (Å²) in [6.45, 7) is 4.24. The number of H-pyrrole nitrogens is 1. The zero-order valence-electron chi connectivity index (χ0n) is 12.8. The van der Waals surface area contributed by atoms with Gasteiger partial charge in [-0.15, -0.1) is 0 Å². The zero-order chi connectivity index (χ0) is 16.4. The van der Waals surface area contributed by atoms with Crippen LogP contribution in [-0.4, -0.2) is 27.1 Å². The molecular weight excluding hydrogens is 296 g/mol. The van der Waals surface area contributed by atoms with Crippen LogP contribution in [0.2, 0.25) is 0 Å². The van der Waals surface area contributed by atoms with E-state index in [-0.39, 0.29) is 17.2 Å². The molecule has 2 aromatic heterocycles. The summed E-state index contributed by atoms with van der Waals surface area (Å²) in [7, 11) is 0. The number of anilines is 1. The van der Waals surface area contributed by atoms with E-state index in [9.17, 15) is 9.59 Å². The number of aryl methyl sites for hydroxylation is 1. The second kappa shape index (κ2) is 5.96. The Bertz CT molecular complexity index is 909. The van der Waals surface area contributed by atoms with E-state index in [4.69, 9.17) is 4.74 Å². The molecule has 3 aromatic rings. The molecule has 2 N–H and O–H groups in total. The molecule has 0 aliphatic rings. The van der Waals surface area contributed by atoms with Gasteiger partial charge in [0.15, 0.2) is 5.69 Å². The van der Waals surface area contributed by atoms with Crippen LogP contribution in [0.5, 0.6) is 5.75 Å². The van der Waals surface area contributed by atoms with Crippen LogP contribution >= 0.6 is 0 Å². The van der Waals surface area contributed by atoms with Gasteiger partial charge in [-0.25, -0.2) is 4.52 Å². The second-order valence-corrected chi connectivity index (χ2v) is 5.04. The largest absolute Gasteiger partial charge is 0.494 e. The van der Waals surface area contributed by atoms with Gasteiger partial charge in [-0.3, -0.25) is 9.59 Å². The van der Waals surface area contributed by atoms with Gasteiger partial charge in [-0.05, 0) is 38.1 Å². The first-order chi connectivity index (χ1) is 11.1. The molecule has 0 spiro atoms. The van der Waals surface area contributed by atoms with E-state index >= 15 is 0 Å². The molecule has 0 saturated carbocycles. The van der Waals surface area contributed by atoms with Crippen LogP contribution in [0.25, 0.3) is 5.52 Å².